The third kappa shape index (κ3) is 6.22. The minimum Gasteiger partial charge on any atom is -0.490 e. The molecule has 0 atom stereocenters. The predicted molar refractivity (Wildman–Crippen MR) is 100 cm³/mol. The van der Waals surface area contributed by atoms with Crippen molar-refractivity contribution in [1.82, 2.24) is 5.32 Å². The molecular formula is C20H25ClFNO2. The zero-order valence-electron chi connectivity index (χ0n) is 14.8. The highest BCUT2D eigenvalue weighted by atomic mass is 35.5. The Morgan fingerprint density at radius 2 is 1.80 bits per heavy atom. The van der Waals surface area contributed by atoms with Gasteiger partial charge in [0.05, 0.1) is 18.2 Å². The van der Waals surface area contributed by atoms with Crippen molar-refractivity contribution in [3.63, 3.8) is 0 Å². The van der Waals surface area contributed by atoms with Crippen LogP contribution in [0.4, 0.5) is 4.39 Å². The van der Waals surface area contributed by atoms with Gasteiger partial charge in [0.25, 0.3) is 0 Å². The van der Waals surface area contributed by atoms with Crippen LogP contribution in [0.1, 0.15) is 31.4 Å². The lowest BCUT2D eigenvalue weighted by Crippen LogP contribution is -2.17. The molecule has 0 aromatic heterocycles. The van der Waals surface area contributed by atoms with Gasteiger partial charge in [0, 0.05) is 6.54 Å². The van der Waals surface area contributed by atoms with Crippen molar-refractivity contribution in [3.05, 3.63) is 58.4 Å². The van der Waals surface area contributed by atoms with Crippen molar-refractivity contribution in [1.29, 1.82) is 0 Å². The minimum absolute atomic E-state index is 0.208. The monoisotopic (exact) mass is 365 g/mol. The van der Waals surface area contributed by atoms with Gasteiger partial charge >= 0.3 is 0 Å². The molecule has 3 nitrogen and oxygen atoms in total. The standard InChI is InChI=1S/C20H25ClFNO2/c1-3-11-25-20-18(21)12-16(13-19(20)24-4-2)14-23-10-9-15-5-7-17(22)8-6-15/h5-8,12-13,23H,3-4,9-11,14H2,1-2H3. The van der Waals surface area contributed by atoms with Crippen molar-refractivity contribution in [2.24, 2.45) is 0 Å². The van der Waals surface area contributed by atoms with E-state index in [2.05, 4.69) is 5.32 Å². The van der Waals surface area contributed by atoms with Crippen LogP contribution in [0.15, 0.2) is 36.4 Å². The number of nitrogens with one attached hydrogen (secondary N) is 1. The van der Waals surface area contributed by atoms with Crippen molar-refractivity contribution in [2.45, 2.75) is 33.2 Å². The van der Waals surface area contributed by atoms with E-state index in [1.165, 1.54) is 12.1 Å². The largest absolute Gasteiger partial charge is 0.490 e. The molecule has 0 saturated heterocycles. The molecule has 0 aliphatic heterocycles. The SMILES string of the molecule is CCCOc1c(Cl)cc(CNCCc2ccc(F)cc2)cc1OCC. The Hall–Kier alpha value is -1.78. The van der Waals surface area contributed by atoms with E-state index >= 15 is 0 Å². The van der Waals surface area contributed by atoms with Crippen molar-refractivity contribution < 1.29 is 13.9 Å². The van der Waals surface area contributed by atoms with Gasteiger partial charge in [-0.2, -0.15) is 0 Å². The molecule has 0 saturated carbocycles. The van der Waals surface area contributed by atoms with Crippen LogP contribution >= 0.6 is 11.6 Å². The maximum absolute atomic E-state index is 12.9. The third-order valence-corrected chi connectivity index (χ3v) is 3.93. The summed E-state index contributed by atoms with van der Waals surface area (Å²) in [6.07, 6.45) is 1.75. The molecule has 0 heterocycles. The summed E-state index contributed by atoms with van der Waals surface area (Å²) in [4.78, 5) is 0. The fraction of sp³-hybridized carbons (Fsp3) is 0.400. The Bertz CT molecular complexity index is 661. The molecule has 2 aromatic rings. The summed E-state index contributed by atoms with van der Waals surface area (Å²) in [5.41, 5.74) is 2.14. The van der Waals surface area contributed by atoms with Crippen LogP contribution in [0.25, 0.3) is 0 Å². The Labute approximate surface area is 154 Å². The van der Waals surface area contributed by atoms with Crippen LogP contribution < -0.4 is 14.8 Å². The Balaban J connectivity index is 1.93. The fourth-order valence-electron chi connectivity index (χ4n) is 2.45. The number of hydrogen-bond acceptors (Lipinski definition) is 3. The van der Waals surface area contributed by atoms with Crippen LogP contribution in [0, 0.1) is 5.82 Å². The molecule has 2 aromatic carbocycles. The van der Waals surface area contributed by atoms with Gasteiger partial charge in [-0.1, -0.05) is 30.7 Å². The number of ether oxygens (including phenoxy) is 2. The molecule has 2 rings (SSSR count). The smallest absolute Gasteiger partial charge is 0.179 e. The minimum atomic E-state index is -0.208. The molecule has 0 amide bonds. The van der Waals surface area contributed by atoms with E-state index in [0.717, 1.165) is 30.5 Å². The molecule has 0 aliphatic rings. The summed E-state index contributed by atoms with van der Waals surface area (Å²) in [6, 6.07) is 10.4. The zero-order valence-corrected chi connectivity index (χ0v) is 15.5. The molecule has 0 spiro atoms. The number of benzene rings is 2. The van der Waals surface area contributed by atoms with E-state index in [1.807, 2.05) is 26.0 Å². The number of hydrogen-bond donors (Lipinski definition) is 1. The summed E-state index contributed by atoms with van der Waals surface area (Å²) >= 11 is 6.36. The van der Waals surface area contributed by atoms with Gasteiger partial charge in [-0.15, -0.1) is 0 Å². The van der Waals surface area contributed by atoms with Gasteiger partial charge in [-0.25, -0.2) is 4.39 Å². The van der Waals surface area contributed by atoms with Crippen LogP contribution in [0.2, 0.25) is 5.02 Å². The molecule has 5 heteroatoms. The van der Waals surface area contributed by atoms with Crippen LogP contribution in [0.3, 0.4) is 0 Å². The van der Waals surface area contributed by atoms with Crippen molar-refractivity contribution in [3.8, 4) is 11.5 Å². The molecule has 0 unspecified atom stereocenters. The van der Waals surface area contributed by atoms with Gasteiger partial charge in [0.2, 0.25) is 0 Å². The van der Waals surface area contributed by atoms with Crippen LogP contribution in [-0.2, 0) is 13.0 Å². The fourth-order valence-corrected chi connectivity index (χ4v) is 2.73. The molecule has 25 heavy (non-hydrogen) atoms. The second-order valence-corrected chi connectivity index (χ2v) is 6.15. The average Bonchev–Trinajstić information content (AvgIpc) is 2.60. The lowest BCUT2D eigenvalue weighted by molar-refractivity contribution is 0.277. The van der Waals surface area contributed by atoms with E-state index in [0.29, 0.717) is 36.3 Å². The maximum Gasteiger partial charge on any atom is 0.179 e. The maximum atomic E-state index is 12.9. The Morgan fingerprint density at radius 3 is 2.48 bits per heavy atom. The first-order valence-corrected chi connectivity index (χ1v) is 9.05. The van der Waals surface area contributed by atoms with Gasteiger partial charge < -0.3 is 14.8 Å². The lowest BCUT2D eigenvalue weighted by Gasteiger charge is -2.15. The second kappa shape index (κ2) is 10.3. The summed E-state index contributed by atoms with van der Waals surface area (Å²) in [5.74, 6) is 1.08. The highest BCUT2D eigenvalue weighted by Crippen LogP contribution is 2.36. The van der Waals surface area contributed by atoms with Crippen LogP contribution in [-0.4, -0.2) is 19.8 Å². The Morgan fingerprint density at radius 1 is 1.04 bits per heavy atom. The molecule has 0 fully saturated rings. The summed E-state index contributed by atoms with van der Waals surface area (Å²) < 4.78 is 24.3. The molecule has 0 radical (unpaired) electrons. The van der Waals surface area contributed by atoms with Gasteiger partial charge in [-0.05, 0) is 61.7 Å². The van der Waals surface area contributed by atoms with E-state index < -0.39 is 0 Å². The first-order chi connectivity index (χ1) is 12.1. The lowest BCUT2D eigenvalue weighted by atomic mass is 10.1. The van der Waals surface area contributed by atoms with E-state index in [-0.39, 0.29) is 5.82 Å². The molecule has 136 valence electrons. The normalized spacial score (nSPS) is 10.7. The van der Waals surface area contributed by atoms with Gasteiger partial charge in [-0.3, -0.25) is 0 Å². The predicted octanol–water partition coefficient (Wildman–Crippen LogP) is 5.00. The third-order valence-electron chi connectivity index (χ3n) is 3.65. The highest BCUT2D eigenvalue weighted by Gasteiger charge is 2.12. The number of rotatable bonds is 10. The first-order valence-electron chi connectivity index (χ1n) is 8.67. The summed E-state index contributed by atoms with van der Waals surface area (Å²) in [5, 5.41) is 3.94. The zero-order chi connectivity index (χ0) is 18.1. The molecule has 0 bridgehead atoms. The molecule has 0 aliphatic carbocycles. The van der Waals surface area contributed by atoms with Crippen LogP contribution in [0.5, 0.6) is 11.5 Å². The Kier molecular flexibility index (Phi) is 8.02. The van der Waals surface area contributed by atoms with Crippen molar-refractivity contribution in [2.75, 3.05) is 19.8 Å². The van der Waals surface area contributed by atoms with Gasteiger partial charge in [0.15, 0.2) is 11.5 Å². The number of halogens is 2. The molecule has 1 N–H and O–H groups in total. The summed E-state index contributed by atoms with van der Waals surface area (Å²) in [6.45, 7) is 6.62. The topological polar surface area (TPSA) is 30.5 Å². The quantitative estimate of drug-likeness (QED) is 0.601. The summed E-state index contributed by atoms with van der Waals surface area (Å²) in [7, 11) is 0. The van der Waals surface area contributed by atoms with Crippen molar-refractivity contribution >= 4 is 11.6 Å². The van der Waals surface area contributed by atoms with E-state index in [4.69, 9.17) is 21.1 Å². The van der Waals surface area contributed by atoms with Gasteiger partial charge in [0.1, 0.15) is 5.82 Å². The average molecular weight is 366 g/mol. The van der Waals surface area contributed by atoms with E-state index in [1.54, 1.807) is 12.1 Å². The molecular weight excluding hydrogens is 341 g/mol. The first kappa shape index (κ1) is 19.5. The highest BCUT2D eigenvalue weighted by molar-refractivity contribution is 6.32. The van der Waals surface area contributed by atoms with E-state index in [9.17, 15) is 4.39 Å². The second-order valence-electron chi connectivity index (χ2n) is 5.74.